The Balaban J connectivity index is 1.49. The third-order valence-corrected chi connectivity index (χ3v) is 5.03. The largest absolute Gasteiger partial charge is 0.497 e. The fraction of sp³-hybridized carbons (Fsp3) is 0.333. The summed E-state index contributed by atoms with van der Waals surface area (Å²) in [5, 5.41) is 7.94. The first-order chi connectivity index (χ1) is 13.7. The molecule has 0 spiro atoms. The average molecular weight is 379 g/mol. The predicted octanol–water partition coefficient (Wildman–Crippen LogP) is 3.04. The maximum Gasteiger partial charge on any atom is 0.166 e. The van der Waals surface area contributed by atoms with E-state index in [-0.39, 0.29) is 0 Å². The number of ether oxygens (including phenoxy) is 2. The summed E-state index contributed by atoms with van der Waals surface area (Å²) >= 11 is 0. The van der Waals surface area contributed by atoms with Gasteiger partial charge >= 0.3 is 0 Å². The summed E-state index contributed by atoms with van der Waals surface area (Å²) in [4.78, 5) is 4.30. The van der Waals surface area contributed by atoms with Crippen molar-refractivity contribution in [3.05, 3.63) is 54.5 Å². The van der Waals surface area contributed by atoms with Gasteiger partial charge in [0.15, 0.2) is 11.6 Å². The van der Waals surface area contributed by atoms with Gasteiger partial charge in [-0.25, -0.2) is 4.98 Å². The van der Waals surface area contributed by atoms with Crippen LogP contribution in [0.5, 0.6) is 11.5 Å². The zero-order valence-corrected chi connectivity index (χ0v) is 16.0. The molecule has 1 aromatic carbocycles. The first kappa shape index (κ1) is 18.3. The van der Waals surface area contributed by atoms with Crippen molar-refractivity contribution in [3.8, 4) is 22.6 Å². The van der Waals surface area contributed by atoms with E-state index in [1.165, 1.54) is 0 Å². The molecular weight excluding hydrogens is 354 g/mol. The number of nitrogens with two attached hydrogens (primary N) is 1. The number of nitrogens with zero attached hydrogens (tertiary/aromatic N) is 3. The SMILES string of the molecule is COc1cccc(COc2cc(-c3cnn(C4CCNCC4)c3)cnc2N)c1. The molecule has 1 saturated heterocycles. The normalized spacial score (nSPS) is 14.8. The van der Waals surface area contributed by atoms with E-state index in [2.05, 4.69) is 26.3 Å². The Morgan fingerprint density at radius 1 is 1.18 bits per heavy atom. The highest BCUT2D eigenvalue weighted by Gasteiger charge is 2.16. The average Bonchev–Trinajstić information content (AvgIpc) is 3.24. The van der Waals surface area contributed by atoms with Gasteiger partial charge < -0.3 is 20.5 Å². The number of aromatic nitrogens is 3. The monoisotopic (exact) mass is 379 g/mol. The molecule has 0 amide bonds. The summed E-state index contributed by atoms with van der Waals surface area (Å²) in [6.45, 7) is 2.46. The molecule has 0 atom stereocenters. The molecule has 7 nitrogen and oxygen atoms in total. The molecule has 0 radical (unpaired) electrons. The number of hydrogen-bond acceptors (Lipinski definition) is 6. The van der Waals surface area contributed by atoms with Crippen molar-refractivity contribution in [1.82, 2.24) is 20.1 Å². The lowest BCUT2D eigenvalue weighted by Gasteiger charge is -2.22. The number of anilines is 1. The van der Waals surface area contributed by atoms with Gasteiger partial charge in [0.25, 0.3) is 0 Å². The molecule has 7 heteroatoms. The molecule has 146 valence electrons. The van der Waals surface area contributed by atoms with Gasteiger partial charge in [0, 0.05) is 23.5 Å². The molecule has 3 heterocycles. The van der Waals surface area contributed by atoms with Crippen LogP contribution in [0.2, 0.25) is 0 Å². The van der Waals surface area contributed by atoms with Gasteiger partial charge in [-0.2, -0.15) is 5.10 Å². The molecular formula is C21H25N5O2. The fourth-order valence-corrected chi connectivity index (χ4v) is 3.41. The molecule has 2 aromatic heterocycles. The summed E-state index contributed by atoms with van der Waals surface area (Å²) in [5.41, 5.74) is 8.98. The highest BCUT2D eigenvalue weighted by Crippen LogP contribution is 2.29. The van der Waals surface area contributed by atoms with Crippen LogP contribution in [0, 0.1) is 0 Å². The van der Waals surface area contributed by atoms with Gasteiger partial charge in [-0.05, 0) is 49.7 Å². The quantitative estimate of drug-likeness (QED) is 0.685. The first-order valence-corrected chi connectivity index (χ1v) is 9.49. The molecule has 1 aliphatic rings. The highest BCUT2D eigenvalue weighted by molar-refractivity contribution is 5.65. The van der Waals surface area contributed by atoms with Gasteiger partial charge in [-0.15, -0.1) is 0 Å². The molecule has 28 heavy (non-hydrogen) atoms. The second-order valence-electron chi connectivity index (χ2n) is 6.94. The number of rotatable bonds is 6. The number of hydrogen-bond donors (Lipinski definition) is 2. The Hall–Kier alpha value is -3.06. The summed E-state index contributed by atoms with van der Waals surface area (Å²) in [7, 11) is 1.65. The third-order valence-electron chi connectivity index (χ3n) is 5.03. The summed E-state index contributed by atoms with van der Waals surface area (Å²) in [5.74, 6) is 1.73. The number of benzene rings is 1. The maximum atomic E-state index is 6.02. The maximum absolute atomic E-state index is 6.02. The highest BCUT2D eigenvalue weighted by atomic mass is 16.5. The molecule has 4 rings (SSSR count). The standard InChI is InChI=1S/C21H25N5O2/c1-27-19-4-2-3-15(9-19)14-28-20-10-16(11-24-21(20)22)17-12-25-26(13-17)18-5-7-23-8-6-18/h2-4,9-13,18,23H,5-8,14H2,1H3,(H2,22,24). The molecule has 1 fully saturated rings. The Labute approximate surface area is 164 Å². The van der Waals surface area contributed by atoms with Crippen molar-refractivity contribution < 1.29 is 9.47 Å². The molecule has 0 unspecified atom stereocenters. The van der Waals surface area contributed by atoms with Crippen LogP contribution < -0.4 is 20.5 Å². The zero-order valence-electron chi connectivity index (χ0n) is 16.0. The van der Waals surface area contributed by atoms with Crippen LogP contribution in [0.25, 0.3) is 11.1 Å². The van der Waals surface area contributed by atoms with Crippen LogP contribution in [0.15, 0.2) is 48.9 Å². The minimum Gasteiger partial charge on any atom is -0.497 e. The number of nitrogen functional groups attached to an aromatic ring is 1. The molecule has 0 bridgehead atoms. The van der Waals surface area contributed by atoms with E-state index in [4.69, 9.17) is 15.2 Å². The van der Waals surface area contributed by atoms with Crippen LogP contribution in [-0.2, 0) is 6.61 Å². The molecule has 0 saturated carbocycles. The van der Waals surface area contributed by atoms with E-state index in [1.54, 1.807) is 13.3 Å². The van der Waals surface area contributed by atoms with Crippen LogP contribution >= 0.6 is 0 Å². The van der Waals surface area contributed by atoms with Crippen molar-refractivity contribution in [2.75, 3.05) is 25.9 Å². The van der Waals surface area contributed by atoms with Crippen molar-refractivity contribution in [3.63, 3.8) is 0 Å². The summed E-state index contributed by atoms with van der Waals surface area (Å²) in [6.07, 6.45) is 7.90. The van der Waals surface area contributed by atoms with Gasteiger partial charge in [0.2, 0.25) is 0 Å². The lowest BCUT2D eigenvalue weighted by Crippen LogP contribution is -2.29. The predicted molar refractivity (Wildman–Crippen MR) is 108 cm³/mol. The van der Waals surface area contributed by atoms with E-state index in [0.717, 1.165) is 48.4 Å². The van der Waals surface area contributed by atoms with Crippen LogP contribution in [-0.4, -0.2) is 35.0 Å². The van der Waals surface area contributed by atoms with Gasteiger partial charge in [-0.3, -0.25) is 4.68 Å². The van der Waals surface area contributed by atoms with Gasteiger partial charge in [0.1, 0.15) is 12.4 Å². The number of methoxy groups -OCH3 is 1. The van der Waals surface area contributed by atoms with Crippen LogP contribution in [0.4, 0.5) is 5.82 Å². The number of pyridine rings is 1. The second kappa shape index (κ2) is 8.31. The van der Waals surface area contributed by atoms with Crippen molar-refractivity contribution in [2.24, 2.45) is 0 Å². The second-order valence-corrected chi connectivity index (χ2v) is 6.94. The smallest absolute Gasteiger partial charge is 0.166 e. The lowest BCUT2D eigenvalue weighted by atomic mass is 10.1. The van der Waals surface area contributed by atoms with Gasteiger partial charge in [0.05, 0.1) is 19.3 Å². The van der Waals surface area contributed by atoms with Crippen molar-refractivity contribution >= 4 is 5.82 Å². The molecule has 1 aliphatic heterocycles. The van der Waals surface area contributed by atoms with Crippen LogP contribution in [0.1, 0.15) is 24.4 Å². The van der Waals surface area contributed by atoms with Crippen molar-refractivity contribution in [1.29, 1.82) is 0 Å². The lowest BCUT2D eigenvalue weighted by molar-refractivity contribution is 0.306. The fourth-order valence-electron chi connectivity index (χ4n) is 3.41. The Kier molecular flexibility index (Phi) is 5.43. The van der Waals surface area contributed by atoms with E-state index >= 15 is 0 Å². The van der Waals surface area contributed by atoms with E-state index in [9.17, 15) is 0 Å². The summed E-state index contributed by atoms with van der Waals surface area (Å²) < 4.78 is 13.2. The van der Waals surface area contributed by atoms with Gasteiger partial charge in [-0.1, -0.05) is 12.1 Å². The summed E-state index contributed by atoms with van der Waals surface area (Å²) in [6, 6.07) is 10.1. The zero-order chi connectivity index (χ0) is 19.3. The molecule has 3 aromatic rings. The van der Waals surface area contributed by atoms with E-state index in [0.29, 0.717) is 24.2 Å². The number of nitrogens with one attached hydrogen (secondary N) is 1. The molecule has 0 aliphatic carbocycles. The first-order valence-electron chi connectivity index (χ1n) is 9.49. The molecule has 3 N–H and O–H groups in total. The minimum absolute atomic E-state index is 0.373. The minimum atomic E-state index is 0.373. The van der Waals surface area contributed by atoms with E-state index in [1.807, 2.05) is 36.5 Å². The Morgan fingerprint density at radius 3 is 2.86 bits per heavy atom. The van der Waals surface area contributed by atoms with Crippen LogP contribution in [0.3, 0.4) is 0 Å². The Bertz CT molecular complexity index is 934. The van der Waals surface area contributed by atoms with Crippen molar-refractivity contribution in [2.45, 2.75) is 25.5 Å². The van der Waals surface area contributed by atoms with E-state index < -0.39 is 0 Å². The third kappa shape index (κ3) is 4.09. The number of piperidine rings is 1. The Morgan fingerprint density at radius 2 is 2.04 bits per heavy atom. The topological polar surface area (TPSA) is 87.2 Å².